The molecule has 4 heteroatoms. The van der Waals surface area contributed by atoms with Crippen LogP contribution in [0, 0.1) is 0 Å². The van der Waals surface area contributed by atoms with E-state index in [1.165, 1.54) is 50.5 Å². The van der Waals surface area contributed by atoms with E-state index in [0.29, 0.717) is 5.69 Å². The van der Waals surface area contributed by atoms with E-state index in [0.717, 1.165) is 17.5 Å². The molecule has 3 rings (SSSR count). The molecule has 1 N–H and O–H groups in total. The molecule has 0 radical (unpaired) electrons. The van der Waals surface area contributed by atoms with Gasteiger partial charge >= 0.3 is 0 Å². The number of phenolic OH excluding ortho intramolecular Hbond substituents is 1. The number of unbranched alkanes of at least 4 members (excludes halogenated alkanes) is 6. The van der Waals surface area contributed by atoms with Crippen molar-refractivity contribution in [2.24, 2.45) is 0 Å². The number of rotatable bonds is 10. The third-order valence-electron chi connectivity index (χ3n) is 5.66. The Bertz CT molecular complexity index is 865. The van der Waals surface area contributed by atoms with Crippen molar-refractivity contribution in [1.82, 2.24) is 15.0 Å². The van der Waals surface area contributed by atoms with Gasteiger partial charge in [0, 0.05) is 0 Å². The van der Waals surface area contributed by atoms with Crippen LogP contribution >= 0.6 is 0 Å². The van der Waals surface area contributed by atoms with Crippen LogP contribution in [0.2, 0.25) is 0 Å². The van der Waals surface area contributed by atoms with Crippen LogP contribution in [-0.2, 0) is 5.41 Å². The van der Waals surface area contributed by atoms with Crippen LogP contribution in [0.15, 0.2) is 42.5 Å². The number of phenols is 1. The largest absolute Gasteiger partial charge is 0.506 e. The van der Waals surface area contributed by atoms with E-state index in [1.54, 1.807) is 10.9 Å². The number of benzene rings is 2. The predicted octanol–water partition coefficient (Wildman–Crippen LogP) is 6.54. The van der Waals surface area contributed by atoms with Gasteiger partial charge < -0.3 is 5.11 Å². The first kappa shape index (κ1) is 20.4. The topological polar surface area (TPSA) is 50.9 Å². The number of nitrogens with zero attached hydrogens (tertiary/aromatic N) is 3. The zero-order valence-corrected chi connectivity index (χ0v) is 17.5. The van der Waals surface area contributed by atoms with Crippen LogP contribution in [0.5, 0.6) is 5.75 Å². The van der Waals surface area contributed by atoms with Crippen LogP contribution in [0.3, 0.4) is 0 Å². The van der Waals surface area contributed by atoms with Crippen molar-refractivity contribution in [3.8, 4) is 11.4 Å². The Hall–Kier alpha value is -2.36. The molecule has 0 aliphatic rings. The van der Waals surface area contributed by atoms with Gasteiger partial charge in [-0.2, -0.15) is 0 Å². The molecule has 2 aromatic carbocycles. The van der Waals surface area contributed by atoms with Crippen molar-refractivity contribution >= 4 is 11.0 Å². The highest BCUT2D eigenvalue weighted by Crippen LogP contribution is 2.33. The molecule has 0 amide bonds. The lowest BCUT2D eigenvalue weighted by Crippen LogP contribution is -2.17. The summed E-state index contributed by atoms with van der Waals surface area (Å²) in [6, 6.07) is 13.6. The van der Waals surface area contributed by atoms with Crippen LogP contribution in [0.25, 0.3) is 16.7 Å². The Morgan fingerprint density at radius 2 is 1.46 bits per heavy atom. The molecule has 0 saturated carbocycles. The monoisotopic (exact) mass is 379 g/mol. The lowest BCUT2D eigenvalue weighted by atomic mass is 9.79. The lowest BCUT2D eigenvalue weighted by Gasteiger charge is -2.26. The summed E-state index contributed by atoms with van der Waals surface area (Å²) in [6.45, 7) is 6.83. The highest BCUT2D eigenvalue weighted by Gasteiger charge is 2.22. The quantitative estimate of drug-likeness (QED) is 0.407. The van der Waals surface area contributed by atoms with Gasteiger partial charge in [0.25, 0.3) is 0 Å². The Kier molecular flexibility index (Phi) is 6.71. The average Bonchev–Trinajstić information content (AvgIpc) is 3.11. The minimum Gasteiger partial charge on any atom is -0.506 e. The number of aromatic nitrogens is 3. The van der Waals surface area contributed by atoms with E-state index in [4.69, 9.17) is 0 Å². The first-order valence-electron chi connectivity index (χ1n) is 10.7. The number of aromatic hydroxyl groups is 1. The Labute approximate surface area is 168 Å². The smallest absolute Gasteiger partial charge is 0.143 e. The third-order valence-corrected chi connectivity index (χ3v) is 5.66. The van der Waals surface area contributed by atoms with E-state index in [-0.39, 0.29) is 11.2 Å². The molecule has 0 fully saturated rings. The minimum absolute atomic E-state index is 0.0540. The summed E-state index contributed by atoms with van der Waals surface area (Å²) in [4.78, 5) is 1.55. The lowest BCUT2D eigenvalue weighted by molar-refractivity contribution is 0.438. The summed E-state index contributed by atoms with van der Waals surface area (Å²) in [6.07, 6.45) is 10.4. The van der Waals surface area contributed by atoms with Gasteiger partial charge in [0.05, 0.1) is 0 Å². The van der Waals surface area contributed by atoms with E-state index < -0.39 is 0 Å². The number of fused-ring (bicyclic) bond motifs is 1. The molecule has 0 unspecified atom stereocenters. The number of hydrogen-bond donors (Lipinski definition) is 1. The summed E-state index contributed by atoms with van der Waals surface area (Å²) < 4.78 is 0. The van der Waals surface area contributed by atoms with E-state index in [1.807, 2.05) is 36.4 Å². The standard InChI is InChI=1S/C24H33N3O/c1-4-5-6-7-8-9-12-17-24(2,3)19-15-16-23(28)22(18-19)27-25-20-13-10-11-14-21(20)26-27/h10-11,13-16,18,28H,4-9,12,17H2,1-3H3. The first-order valence-corrected chi connectivity index (χ1v) is 10.7. The molecule has 3 aromatic rings. The molecule has 28 heavy (non-hydrogen) atoms. The molecule has 150 valence electrons. The van der Waals surface area contributed by atoms with Crippen LogP contribution in [0.1, 0.15) is 77.7 Å². The van der Waals surface area contributed by atoms with Crippen molar-refractivity contribution in [2.75, 3.05) is 0 Å². The Morgan fingerprint density at radius 3 is 2.11 bits per heavy atom. The molecule has 4 nitrogen and oxygen atoms in total. The van der Waals surface area contributed by atoms with Crippen LogP contribution in [0.4, 0.5) is 0 Å². The van der Waals surface area contributed by atoms with Gasteiger partial charge in [-0.25, -0.2) is 0 Å². The highest BCUT2D eigenvalue weighted by molar-refractivity contribution is 5.73. The SMILES string of the molecule is CCCCCCCCCC(C)(C)c1ccc(O)c(-n2nc3ccccc3n2)c1. The molecule has 0 atom stereocenters. The van der Waals surface area contributed by atoms with Gasteiger partial charge in [-0.1, -0.05) is 83.9 Å². The Balaban J connectivity index is 1.69. The maximum Gasteiger partial charge on any atom is 0.143 e. The second-order valence-corrected chi connectivity index (χ2v) is 8.44. The fourth-order valence-corrected chi connectivity index (χ4v) is 3.74. The molecule has 0 saturated heterocycles. The van der Waals surface area contributed by atoms with Crippen molar-refractivity contribution in [3.63, 3.8) is 0 Å². The molecule has 0 bridgehead atoms. The predicted molar refractivity (Wildman–Crippen MR) is 116 cm³/mol. The maximum absolute atomic E-state index is 10.4. The van der Waals surface area contributed by atoms with Crippen molar-refractivity contribution in [1.29, 1.82) is 0 Å². The van der Waals surface area contributed by atoms with Crippen molar-refractivity contribution < 1.29 is 5.11 Å². The van der Waals surface area contributed by atoms with E-state index >= 15 is 0 Å². The molecule has 1 heterocycles. The van der Waals surface area contributed by atoms with Gasteiger partial charge in [-0.05, 0) is 41.7 Å². The average molecular weight is 380 g/mol. The van der Waals surface area contributed by atoms with E-state index in [2.05, 4.69) is 31.0 Å². The molecule has 0 aliphatic heterocycles. The third kappa shape index (κ3) is 4.92. The van der Waals surface area contributed by atoms with Crippen LogP contribution < -0.4 is 0 Å². The minimum atomic E-state index is 0.0540. The van der Waals surface area contributed by atoms with Gasteiger partial charge in [0.15, 0.2) is 0 Å². The number of hydrogen-bond acceptors (Lipinski definition) is 3. The second kappa shape index (κ2) is 9.22. The second-order valence-electron chi connectivity index (χ2n) is 8.44. The van der Waals surface area contributed by atoms with Gasteiger partial charge in [-0.3, -0.25) is 0 Å². The Morgan fingerprint density at radius 1 is 0.857 bits per heavy atom. The van der Waals surface area contributed by atoms with Crippen LogP contribution in [-0.4, -0.2) is 20.1 Å². The maximum atomic E-state index is 10.4. The normalized spacial score (nSPS) is 12.0. The summed E-state index contributed by atoms with van der Waals surface area (Å²) >= 11 is 0. The van der Waals surface area contributed by atoms with Gasteiger partial charge in [0.2, 0.25) is 0 Å². The zero-order chi connectivity index (χ0) is 20.0. The zero-order valence-electron chi connectivity index (χ0n) is 17.5. The molecular formula is C24H33N3O. The van der Waals surface area contributed by atoms with E-state index in [9.17, 15) is 5.11 Å². The van der Waals surface area contributed by atoms with Gasteiger partial charge in [0.1, 0.15) is 22.5 Å². The highest BCUT2D eigenvalue weighted by atomic mass is 16.3. The fraction of sp³-hybridized carbons (Fsp3) is 0.500. The molecular weight excluding hydrogens is 346 g/mol. The molecule has 1 aromatic heterocycles. The molecule has 0 spiro atoms. The van der Waals surface area contributed by atoms with Gasteiger partial charge in [-0.15, -0.1) is 15.0 Å². The molecule has 0 aliphatic carbocycles. The fourth-order valence-electron chi connectivity index (χ4n) is 3.74. The van der Waals surface area contributed by atoms with Crippen molar-refractivity contribution in [2.45, 2.75) is 77.6 Å². The first-order chi connectivity index (χ1) is 13.5. The summed E-state index contributed by atoms with van der Waals surface area (Å²) in [5.41, 5.74) is 3.57. The summed E-state index contributed by atoms with van der Waals surface area (Å²) in [5, 5.41) is 19.4. The summed E-state index contributed by atoms with van der Waals surface area (Å²) in [7, 11) is 0. The summed E-state index contributed by atoms with van der Waals surface area (Å²) in [5.74, 6) is 0.204. The van der Waals surface area contributed by atoms with Crippen molar-refractivity contribution in [3.05, 3.63) is 48.0 Å².